The highest BCUT2D eigenvalue weighted by Gasteiger charge is 2.18. The van der Waals surface area contributed by atoms with Crippen molar-refractivity contribution in [1.29, 1.82) is 0 Å². The molecule has 0 spiro atoms. The third-order valence-corrected chi connectivity index (χ3v) is 5.92. The minimum absolute atomic E-state index is 0.0794. The predicted octanol–water partition coefficient (Wildman–Crippen LogP) is 5.78. The van der Waals surface area contributed by atoms with Gasteiger partial charge in [0.25, 0.3) is 0 Å². The van der Waals surface area contributed by atoms with Crippen LogP contribution in [0.3, 0.4) is 0 Å². The third kappa shape index (κ3) is 8.75. The van der Waals surface area contributed by atoms with Crippen LogP contribution in [0, 0.1) is 12.8 Å². The van der Waals surface area contributed by atoms with Crippen molar-refractivity contribution in [2.45, 2.75) is 33.2 Å². The molecule has 0 saturated heterocycles. The molecule has 0 aliphatic carbocycles. The molecule has 0 saturated carbocycles. The Bertz CT molecular complexity index is 1320. The van der Waals surface area contributed by atoms with Gasteiger partial charge in [-0.15, -0.1) is 0 Å². The van der Waals surface area contributed by atoms with E-state index >= 15 is 0 Å². The van der Waals surface area contributed by atoms with E-state index in [4.69, 9.17) is 14.2 Å². The van der Waals surface area contributed by atoms with E-state index in [0.717, 1.165) is 11.1 Å². The lowest BCUT2D eigenvalue weighted by molar-refractivity contribution is -0.137. The van der Waals surface area contributed by atoms with Crippen LogP contribution in [0.25, 0.3) is 0 Å². The van der Waals surface area contributed by atoms with Gasteiger partial charge in [-0.1, -0.05) is 59.6 Å². The highest BCUT2D eigenvalue weighted by atomic mass is 79.9. The van der Waals surface area contributed by atoms with E-state index < -0.39 is 12.0 Å². The van der Waals surface area contributed by atoms with E-state index in [9.17, 15) is 14.4 Å². The molecule has 0 bridgehead atoms. The molecule has 0 radical (unpaired) electrons. The van der Waals surface area contributed by atoms with Crippen molar-refractivity contribution in [3.8, 4) is 11.5 Å². The number of halogens is 1. The zero-order chi connectivity index (χ0) is 27.7. The van der Waals surface area contributed by atoms with Gasteiger partial charge in [-0.3, -0.25) is 14.6 Å². The molecule has 0 heterocycles. The molecular formula is C30H30BrNO6. The number of hydrogen-bond acceptors (Lipinski definition) is 7. The van der Waals surface area contributed by atoms with Crippen LogP contribution in [0.2, 0.25) is 0 Å². The molecule has 8 heteroatoms. The quantitative estimate of drug-likeness (QED) is 0.162. The van der Waals surface area contributed by atoms with E-state index in [2.05, 4.69) is 20.9 Å². The first-order chi connectivity index (χ1) is 18.1. The number of benzene rings is 3. The first-order valence-electron chi connectivity index (χ1n) is 12.1. The second-order valence-electron chi connectivity index (χ2n) is 9.10. The number of nitrogens with zero attached hydrogens (tertiary/aromatic N) is 1. The topological polar surface area (TPSA) is 91.3 Å². The van der Waals surface area contributed by atoms with Crippen molar-refractivity contribution < 1.29 is 28.6 Å². The predicted molar refractivity (Wildman–Crippen MR) is 149 cm³/mol. The number of aliphatic imine (C=N–C) groups is 1. The number of ketones is 1. The first kappa shape index (κ1) is 28.9. The van der Waals surface area contributed by atoms with Gasteiger partial charge in [-0.05, 0) is 60.5 Å². The lowest BCUT2D eigenvalue weighted by atomic mass is 10.0. The number of carbonyl (C=O) groups excluding carboxylic acids is 3. The van der Waals surface area contributed by atoms with Crippen molar-refractivity contribution in [3.05, 3.63) is 93.5 Å². The average Bonchev–Trinajstić information content (AvgIpc) is 2.87. The number of rotatable bonds is 11. The molecule has 0 aromatic heterocycles. The van der Waals surface area contributed by atoms with Crippen LogP contribution in [-0.4, -0.2) is 43.7 Å². The molecule has 38 heavy (non-hydrogen) atoms. The van der Waals surface area contributed by atoms with Crippen LogP contribution in [0.1, 0.15) is 40.9 Å². The molecule has 3 aromatic rings. The lowest BCUT2D eigenvalue weighted by Gasteiger charge is -2.12. The Morgan fingerprint density at radius 3 is 2.34 bits per heavy atom. The minimum atomic E-state index is -0.698. The molecule has 0 N–H and O–H groups in total. The lowest BCUT2D eigenvalue weighted by Crippen LogP contribution is -2.25. The number of esters is 2. The van der Waals surface area contributed by atoms with E-state index in [-0.39, 0.29) is 24.3 Å². The Balaban J connectivity index is 1.76. The standard InChI is InChI=1S/C30H30BrNO6/c1-19(2)29(34)37-25-10-8-21(9-11-25)15-27(28(33)18-36-4)32-17-22-13-24(31)16-26(14-22)38-30(35)23-7-5-6-20(3)12-23/h5-14,16-17,19,27H,15,18H2,1-4H3. The summed E-state index contributed by atoms with van der Waals surface area (Å²) in [5.74, 6) is -0.403. The summed E-state index contributed by atoms with van der Waals surface area (Å²) in [5, 5.41) is 0. The molecule has 198 valence electrons. The Hall–Kier alpha value is -3.62. The molecule has 3 aromatic carbocycles. The van der Waals surface area contributed by atoms with Crippen molar-refractivity contribution in [2.75, 3.05) is 13.7 Å². The fourth-order valence-corrected chi connectivity index (χ4v) is 3.96. The maximum atomic E-state index is 12.7. The number of methoxy groups -OCH3 is 1. The molecule has 0 amide bonds. The Morgan fingerprint density at radius 2 is 1.68 bits per heavy atom. The highest BCUT2D eigenvalue weighted by molar-refractivity contribution is 9.10. The second kappa shape index (κ2) is 13.8. The van der Waals surface area contributed by atoms with Gasteiger partial charge in [0.2, 0.25) is 0 Å². The average molecular weight is 580 g/mol. The molecule has 0 aliphatic heterocycles. The van der Waals surface area contributed by atoms with Gasteiger partial charge in [0.15, 0.2) is 5.78 Å². The van der Waals surface area contributed by atoms with E-state index in [1.165, 1.54) is 7.11 Å². The summed E-state index contributed by atoms with van der Waals surface area (Å²) < 4.78 is 16.6. The summed E-state index contributed by atoms with van der Waals surface area (Å²) in [6.45, 7) is 5.36. The van der Waals surface area contributed by atoms with Gasteiger partial charge in [0.1, 0.15) is 24.1 Å². The second-order valence-corrected chi connectivity index (χ2v) is 10.0. The zero-order valence-electron chi connectivity index (χ0n) is 21.8. The Labute approximate surface area is 231 Å². The van der Waals surface area contributed by atoms with Crippen LogP contribution >= 0.6 is 15.9 Å². The fourth-order valence-electron chi connectivity index (χ4n) is 3.47. The summed E-state index contributed by atoms with van der Waals surface area (Å²) in [4.78, 5) is 41.7. The number of carbonyl (C=O) groups is 3. The molecule has 1 unspecified atom stereocenters. The van der Waals surface area contributed by atoms with E-state index in [0.29, 0.717) is 33.5 Å². The molecule has 3 rings (SSSR count). The zero-order valence-corrected chi connectivity index (χ0v) is 23.4. The summed E-state index contributed by atoms with van der Waals surface area (Å²) in [6, 6.07) is 18.6. The van der Waals surface area contributed by atoms with Crippen molar-refractivity contribution in [3.63, 3.8) is 0 Å². The Morgan fingerprint density at radius 1 is 0.947 bits per heavy atom. The van der Waals surface area contributed by atoms with Crippen LogP contribution in [-0.2, 0) is 20.7 Å². The summed E-state index contributed by atoms with van der Waals surface area (Å²) in [7, 11) is 1.46. The number of hydrogen-bond donors (Lipinski definition) is 0. The molecule has 0 aliphatic rings. The van der Waals surface area contributed by atoms with E-state index in [1.807, 2.05) is 19.1 Å². The maximum absolute atomic E-state index is 12.7. The van der Waals surface area contributed by atoms with Gasteiger partial charge in [0, 0.05) is 24.2 Å². The van der Waals surface area contributed by atoms with Gasteiger partial charge >= 0.3 is 11.9 Å². The molecule has 0 fully saturated rings. The first-order valence-corrected chi connectivity index (χ1v) is 12.9. The monoisotopic (exact) mass is 579 g/mol. The summed E-state index contributed by atoms with van der Waals surface area (Å²) >= 11 is 3.44. The Kier molecular flexibility index (Phi) is 10.5. The third-order valence-electron chi connectivity index (χ3n) is 5.46. The smallest absolute Gasteiger partial charge is 0.343 e. The molecule has 1 atom stereocenters. The number of ether oxygens (including phenoxy) is 3. The van der Waals surface area contributed by atoms with Crippen molar-refractivity contribution in [1.82, 2.24) is 0 Å². The van der Waals surface area contributed by atoms with Crippen LogP contribution in [0.4, 0.5) is 0 Å². The number of Topliss-reactive ketones (excluding diaryl/α,β-unsaturated/α-hetero) is 1. The summed E-state index contributed by atoms with van der Waals surface area (Å²) in [6.07, 6.45) is 1.91. The highest BCUT2D eigenvalue weighted by Crippen LogP contribution is 2.23. The van der Waals surface area contributed by atoms with Crippen LogP contribution < -0.4 is 9.47 Å². The maximum Gasteiger partial charge on any atom is 0.343 e. The summed E-state index contributed by atoms with van der Waals surface area (Å²) in [5.41, 5.74) is 2.91. The molecular weight excluding hydrogens is 550 g/mol. The van der Waals surface area contributed by atoms with Gasteiger partial charge in [0.05, 0.1) is 11.5 Å². The van der Waals surface area contributed by atoms with Crippen molar-refractivity contribution in [2.24, 2.45) is 10.9 Å². The molecule has 7 nitrogen and oxygen atoms in total. The normalized spacial score (nSPS) is 11.9. The largest absolute Gasteiger partial charge is 0.426 e. The van der Waals surface area contributed by atoms with E-state index in [1.54, 1.807) is 74.7 Å². The minimum Gasteiger partial charge on any atom is -0.426 e. The van der Waals surface area contributed by atoms with Crippen LogP contribution in [0.15, 0.2) is 76.2 Å². The van der Waals surface area contributed by atoms with Gasteiger partial charge in [-0.25, -0.2) is 4.79 Å². The van der Waals surface area contributed by atoms with Gasteiger partial charge < -0.3 is 14.2 Å². The SMILES string of the molecule is COCC(=O)C(Cc1ccc(OC(=O)C(C)C)cc1)N=Cc1cc(Br)cc(OC(=O)c2cccc(C)c2)c1. The van der Waals surface area contributed by atoms with Crippen molar-refractivity contribution >= 4 is 39.9 Å². The number of aryl methyl sites for hydroxylation is 1. The van der Waals surface area contributed by atoms with Crippen LogP contribution in [0.5, 0.6) is 11.5 Å². The fraction of sp³-hybridized carbons (Fsp3) is 0.267. The van der Waals surface area contributed by atoms with Gasteiger partial charge in [-0.2, -0.15) is 0 Å².